The van der Waals surface area contributed by atoms with Gasteiger partial charge in [-0.25, -0.2) is 0 Å². The van der Waals surface area contributed by atoms with Gasteiger partial charge in [0.2, 0.25) is 0 Å². The van der Waals surface area contributed by atoms with Crippen LogP contribution in [0.4, 0.5) is 0 Å². The number of nitrogens with two attached hydrogens (primary N) is 1. The summed E-state index contributed by atoms with van der Waals surface area (Å²) in [6.45, 7) is 5.02. The fourth-order valence-corrected chi connectivity index (χ4v) is 2.07. The van der Waals surface area contributed by atoms with Crippen molar-refractivity contribution in [2.75, 3.05) is 13.1 Å². The monoisotopic (exact) mass is 314 g/mol. The van der Waals surface area contributed by atoms with Crippen LogP contribution in [0.15, 0.2) is 18.2 Å². The van der Waals surface area contributed by atoms with Crippen molar-refractivity contribution in [2.24, 2.45) is 11.7 Å². The molecule has 0 saturated heterocycles. The normalized spacial score (nSPS) is 10.6. The van der Waals surface area contributed by atoms with Crippen LogP contribution in [0.25, 0.3) is 0 Å². The Hall–Kier alpha value is -1.33. The van der Waals surface area contributed by atoms with Crippen LogP contribution >= 0.6 is 23.8 Å². The standard InChI is InChI=1S/C14H19ClN2O2S/c1-9(2)8-17(6-5-13(16)20)14(19)11-7-10(15)3-4-12(11)18/h3-4,7,9,18H,5-6,8H2,1-2H3,(H2,16,20). The van der Waals surface area contributed by atoms with Gasteiger partial charge < -0.3 is 15.7 Å². The molecule has 0 bridgehead atoms. The van der Waals surface area contributed by atoms with E-state index in [9.17, 15) is 9.90 Å². The predicted octanol–water partition coefficient (Wildman–Crippen LogP) is 2.82. The number of nitrogens with zero attached hydrogens (tertiary/aromatic N) is 1. The minimum atomic E-state index is -0.269. The Morgan fingerprint density at radius 1 is 1.50 bits per heavy atom. The summed E-state index contributed by atoms with van der Waals surface area (Å²) in [6.07, 6.45) is 0.453. The molecule has 1 amide bonds. The number of thiocarbonyl (C=S) groups is 1. The number of phenols is 1. The lowest BCUT2D eigenvalue weighted by Crippen LogP contribution is -2.36. The highest BCUT2D eigenvalue weighted by Crippen LogP contribution is 2.23. The molecular formula is C14H19ClN2O2S. The second-order valence-corrected chi connectivity index (χ2v) is 5.98. The molecule has 110 valence electrons. The van der Waals surface area contributed by atoms with Crippen LogP contribution in [0.3, 0.4) is 0 Å². The molecule has 0 heterocycles. The Kier molecular flexibility index (Phi) is 6.23. The minimum Gasteiger partial charge on any atom is -0.507 e. The first kappa shape index (κ1) is 16.7. The molecule has 1 aromatic carbocycles. The van der Waals surface area contributed by atoms with Crippen molar-refractivity contribution in [1.29, 1.82) is 0 Å². The summed E-state index contributed by atoms with van der Waals surface area (Å²) in [6, 6.07) is 4.42. The van der Waals surface area contributed by atoms with Crippen LogP contribution in [0, 0.1) is 5.92 Å². The summed E-state index contributed by atoms with van der Waals surface area (Å²) in [7, 11) is 0. The van der Waals surface area contributed by atoms with Crippen molar-refractivity contribution in [3.8, 4) is 5.75 Å². The minimum absolute atomic E-state index is 0.0801. The van der Waals surface area contributed by atoms with E-state index in [2.05, 4.69) is 0 Å². The number of phenolic OH excluding ortho intramolecular Hbond substituents is 1. The second-order valence-electron chi connectivity index (χ2n) is 5.02. The zero-order chi connectivity index (χ0) is 15.3. The molecule has 0 aliphatic heterocycles. The maximum Gasteiger partial charge on any atom is 0.257 e. The number of hydrogen-bond donors (Lipinski definition) is 2. The van der Waals surface area contributed by atoms with Gasteiger partial charge in [0.25, 0.3) is 5.91 Å². The van der Waals surface area contributed by atoms with Crippen LogP contribution in [-0.4, -0.2) is 34.0 Å². The van der Waals surface area contributed by atoms with E-state index in [1.165, 1.54) is 18.2 Å². The van der Waals surface area contributed by atoms with Gasteiger partial charge in [-0.2, -0.15) is 0 Å². The SMILES string of the molecule is CC(C)CN(CCC(N)=S)C(=O)c1cc(Cl)ccc1O. The zero-order valence-electron chi connectivity index (χ0n) is 11.6. The summed E-state index contributed by atoms with van der Waals surface area (Å²) >= 11 is 10.7. The van der Waals surface area contributed by atoms with E-state index in [4.69, 9.17) is 29.6 Å². The number of rotatable bonds is 6. The van der Waals surface area contributed by atoms with Gasteiger partial charge in [-0.15, -0.1) is 0 Å². The third kappa shape index (κ3) is 4.98. The molecule has 0 unspecified atom stereocenters. The van der Waals surface area contributed by atoms with Crippen LogP contribution in [0.5, 0.6) is 5.75 Å². The zero-order valence-corrected chi connectivity index (χ0v) is 13.2. The fourth-order valence-electron chi connectivity index (χ4n) is 1.81. The number of carbonyl (C=O) groups is 1. The third-order valence-corrected chi connectivity index (χ3v) is 3.13. The molecule has 0 fully saturated rings. The quantitative estimate of drug-likeness (QED) is 0.792. The lowest BCUT2D eigenvalue weighted by Gasteiger charge is -2.25. The Bertz CT molecular complexity index is 506. The molecule has 0 atom stereocenters. The maximum absolute atomic E-state index is 12.5. The van der Waals surface area contributed by atoms with Crippen molar-refractivity contribution < 1.29 is 9.90 Å². The average molecular weight is 315 g/mol. The summed E-state index contributed by atoms with van der Waals surface area (Å²) in [5.41, 5.74) is 5.68. The first-order valence-corrected chi connectivity index (χ1v) is 7.16. The van der Waals surface area contributed by atoms with Gasteiger partial charge in [-0.1, -0.05) is 37.7 Å². The van der Waals surface area contributed by atoms with Gasteiger partial charge in [0, 0.05) is 24.5 Å². The molecule has 6 heteroatoms. The molecular weight excluding hydrogens is 296 g/mol. The molecule has 0 aliphatic carbocycles. The van der Waals surface area contributed by atoms with Gasteiger partial charge in [-0.3, -0.25) is 4.79 Å². The lowest BCUT2D eigenvalue weighted by molar-refractivity contribution is 0.0738. The summed E-state index contributed by atoms with van der Waals surface area (Å²) in [4.78, 5) is 14.5. The smallest absolute Gasteiger partial charge is 0.257 e. The third-order valence-electron chi connectivity index (χ3n) is 2.69. The highest BCUT2D eigenvalue weighted by molar-refractivity contribution is 7.80. The lowest BCUT2D eigenvalue weighted by atomic mass is 10.1. The number of aromatic hydroxyl groups is 1. The van der Waals surface area contributed by atoms with E-state index >= 15 is 0 Å². The molecule has 0 aromatic heterocycles. The Balaban J connectivity index is 2.96. The van der Waals surface area contributed by atoms with E-state index in [-0.39, 0.29) is 17.2 Å². The highest BCUT2D eigenvalue weighted by Gasteiger charge is 2.20. The van der Waals surface area contributed by atoms with E-state index in [1.54, 1.807) is 4.90 Å². The molecule has 0 spiro atoms. The van der Waals surface area contributed by atoms with Gasteiger partial charge in [0.05, 0.1) is 10.6 Å². The molecule has 0 radical (unpaired) electrons. The van der Waals surface area contributed by atoms with Gasteiger partial charge >= 0.3 is 0 Å². The van der Waals surface area contributed by atoms with Crippen molar-refractivity contribution >= 4 is 34.7 Å². The number of carbonyl (C=O) groups excluding carboxylic acids is 1. The molecule has 4 nitrogen and oxygen atoms in total. The number of hydrogen-bond acceptors (Lipinski definition) is 3. The van der Waals surface area contributed by atoms with Crippen molar-refractivity contribution in [3.63, 3.8) is 0 Å². The number of halogens is 1. The van der Waals surface area contributed by atoms with Crippen molar-refractivity contribution in [2.45, 2.75) is 20.3 Å². The fraction of sp³-hybridized carbons (Fsp3) is 0.429. The second kappa shape index (κ2) is 7.45. The van der Waals surface area contributed by atoms with Gasteiger partial charge in [0.1, 0.15) is 5.75 Å². The van der Waals surface area contributed by atoms with Crippen LogP contribution in [-0.2, 0) is 0 Å². The average Bonchev–Trinajstić information content (AvgIpc) is 2.36. The van der Waals surface area contributed by atoms with E-state index in [1.807, 2.05) is 13.8 Å². The first-order valence-electron chi connectivity index (χ1n) is 6.37. The summed E-state index contributed by atoms with van der Waals surface area (Å²) in [5.74, 6) is -0.0509. The number of benzene rings is 1. The molecule has 3 N–H and O–H groups in total. The van der Waals surface area contributed by atoms with Gasteiger partial charge in [-0.05, 0) is 24.1 Å². The van der Waals surface area contributed by atoms with Gasteiger partial charge in [0.15, 0.2) is 0 Å². The maximum atomic E-state index is 12.5. The van der Waals surface area contributed by atoms with Crippen molar-refractivity contribution in [1.82, 2.24) is 4.90 Å². The van der Waals surface area contributed by atoms with E-state index < -0.39 is 0 Å². The van der Waals surface area contributed by atoms with E-state index in [0.717, 1.165) is 0 Å². The van der Waals surface area contributed by atoms with Crippen LogP contribution < -0.4 is 5.73 Å². The molecule has 0 saturated carbocycles. The molecule has 1 aromatic rings. The molecule has 20 heavy (non-hydrogen) atoms. The van der Waals surface area contributed by atoms with Crippen LogP contribution in [0.1, 0.15) is 30.6 Å². The highest BCUT2D eigenvalue weighted by atomic mass is 35.5. The number of amides is 1. The van der Waals surface area contributed by atoms with Crippen molar-refractivity contribution in [3.05, 3.63) is 28.8 Å². The Morgan fingerprint density at radius 3 is 2.70 bits per heavy atom. The van der Waals surface area contributed by atoms with E-state index in [0.29, 0.717) is 35.4 Å². The molecule has 0 aliphatic rings. The summed E-state index contributed by atoms with van der Waals surface area (Å²) < 4.78 is 0. The Morgan fingerprint density at radius 2 is 2.15 bits per heavy atom. The Labute approximate surface area is 129 Å². The largest absolute Gasteiger partial charge is 0.507 e. The molecule has 1 rings (SSSR count). The topological polar surface area (TPSA) is 66.6 Å². The predicted molar refractivity (Wildman–Crippen MR) is 85.3 cm³/mol. The summed E-state index contributed by atoms with van der Waals surface area (Å²) in [5, 5.41) is 10.2. The van der Waals surface area contributed by atoms with Crippen LogP contribution in [0.2, 0.25) is 5.02 Å². The first-order chi connectivity index (χ1) is 9.31.